The third-order valence-electron chi connectivity index (χ3n) is 10.5. The average molecular weight is 1140 g/mol. The molecule has 0 atom stereocenters. The van der Waals surface area contributed by atoms with E-state index < -0.39 is 11.9 Å². The molecule has 4 heterocycles. The minimum Gasteiger partial charge on any atom is -0.657 e. The van der Waals surface area contributed by atoms with Crippen LogP contribution in [0.15, 0.2) is 36.7 Å². The van der Waals surface area contributed by atoms with Gasteiger partial charge in [-0.15, -0.1) is 11.0 Å². The minimum absolute atomic E-state index is 0. The molecule has 3 aromatic rings. The molecule has 394 valence electrons. The summed E-state index contributed by atoms with van der Waals surface area (Å²) in [5.74, 6) is -0.780. The molecule has 2 aromatic heterocycles. The summed E-state index contributed by atoms with van der Waals surface area (Å²) in [6.07, 6.45) is 7.56. The van der Waals surface area contributed by atoms with E-state index in [0.29, 0.717) is 106 Å². The number of allylic oxidation sites excluding steroid dienone is 4. The first-order valence-electron chi connectivity index (χ1n) is 23.6. The van der Waals surface area contributed by atoms with Crippen LogP contribution in [0, 0.1) is 39.9 Å². The summed E-state index contributed by atoms with van der Waals surface area (Å²) >= 11 is 0. The number of benzene rings is 1. The molecule has 5 N–H and O–H groups in total. The number of methoxy groups -OCH3 is 1. The van der Waals surface area contributed by atoms with Gasteiger partial charge in [0.15, 0.2) is 11.5 Å². The van der Waals surface area contributed by atoms with E-state index >= 15 is 0 Å². The van der Waals surface area contributed by atoms with Gasteiger partial charge in [-0.05, 0) is 74.7 Å². The SMILES string of the molecule is CC(=O)O.CC(=O)O.CCc1c(CC)c2cc3nc(cnc4cc(OCCOCCOCCOC)c(OCCOCCOCCO)cc4ncc4nc(cc1[n-]2)C(CCCO)=C4C)C(C)=C3CCCO.[Gd]. The maximum absolute atomic E-state index is 9.84. The van der Waals surface area contributed by atoms with Crippen LogP contribution in [-0.4, -0.2) is 157 Å². The van der Waals surface area contributed by atoms with Crippen LogP contribution in [0.1, 0.15) is 101 Å². The standard InChI is InChI=1S/C47H64N5O10.2C2H4O2.Gd/c1-6-34-35(7-2)39-27-41-37(11-9-13-54)33(4)45(52-41)31-49-43-29-47(62-25-23-60-21-20-58-17-16-56-5)46(61-24-22-59-19-18-57-15-14-55)28-42(43)48-30-44-32(3)36(10-8-12-53)40(51-44)26-38(34)50-39;2*1-2(3)4;/h26-31,53-55H,6-25H2,1-5H3;2*1H3,(H,3,4);/q-1;;;. The van der Waals surface area contributed by atoms with Gasteiger partial charge in [-0.25, -0.2) is 9.97 Å². The summed E-state index contributed by atoms with van der Waals surface area (Å²) in [6, 6.07) is 7.73. The Kier molecular flexibility index (Phi) is 31.6. The van der Waals surface area contributed by atoms with Crippen LogP contribution < -0.4 is 14.5 Å². The fourth-order valence-electron chi connectivity index (χ4n) is 7.25. The molecule has 0 unspecified atom stereocenters. The van der Waals surface area contributed by atoms with Crippen molar-refractivity contribution in [2.45, 2.75) is 80.1 Å². The van der Waals surface area contributed by atoms with E-state index in [1.54, 1.807) is 31.6 Å². The van der Waals surface area contributed by atoms with Crippen molar-refractivity contribution in [1.29, 1.82) is 0 Å². The molecule has 6 bridgehead atoms. The van der Waals surface area contributed by atoms with Crippen molar-refractivity contribution < 1.29 is 108 Å². The van der Waals surface area contributed by atoms with Gasteiger partial charge in [-0.2, -0.15) is 0 Å². The van der Waals surface area contributed by atoms with E-state index in [9.17, 15) is 10.2 Å². The fraction of sp³-hybridized carbons (Fsp3) is 0.529. The Bertz CT molecular complexity index is 2370. The number of hydrogen-bond donors (Lipinski definition) is 5. The van der Waals surface area contributed by atoms with E-state index in [1.807, 2.05) is 13.8 Å². The van der Waals surface area contributed by atoms with E-state index in [1.165, 1.54) is 11.1 Å². The third-order valence-corrected chi connectivity index (χ3v) is 10.5. The van der Waals surface area contributed by atoms with Gasteiger partial charge >= 0.3 is 0 Å². The van der Waals surface area contributed by atoms with Crippen molar-refractivity contribution in [3.8, 4) is 11.5 Å². The summed E-state index contributed by atoms with van der Waals surface area (Å²) in [7, 11) is 1.63. The normalized spacial score (nSPS) is 11.8. The quantitative estimate of drug-likeness (QED) is 0.0536. The van der Waals surface area contributed by atoms with E-state index in [0.717, 1.165) is 71.4 Å². The zero-order valence-corrected chi connectivity index (χ0v) is 44.4. The number of carboxylic acid groups (broad SMARTS) is 2. The average Bonchev–Trinajstić information content (AvgIpc) is 3.93. The number of aliphatic carboxylic acids is 2. The smallest absolute Gasteiger partial charge is 0.300 e. The number of aliphatic hydroxyl groups is 3. The second-order valence-electron chi connectivity index (χ2n) is 15.7. The molecule has 0 radical (unpaired) electrons. The summed E-state index contributed by atoms with van der Waals surface area (Å²) in [5.41, 5.74) is 12.1. The molecule has 0 spiro atoms. The first-order chi connectivity index (χ1) is 33.8. The number of aryl methyl sites for hydroxylation is 2. The van der Waals surface area contributed by atoms with E-state index in [4.69, 9.17) is 83.0 Å². The van der Waals surface area contributed by atoms with Gasteiger partial charge < -0.3 is 63.7 Å². The summed E-state index contributed by atoms with van der Waals surface area (Å²) in [4.78, 5) is 43.4. The van der Waals surface area contributed by atoms with Crippen LogP contribution in [0.5, 0.6) is 11.5 Å². The summed E-state index contributed by atoms with van der Waals surface area (Å²) < 4.78 is 39.8. The monoisotopic (exact) mass is 1140 g/mol. The summed E-state index contributed by atoms with van der Waals surface area (Å²) in [6.45, 7) is 14.5. The number of nitrogens with zero attached hydrogens (tertiary/aromatic N) is 5. The van der Waals surface area contributed by atoms with Crippen LogP contribution in [0.3, 0.4) is 0 Å². The molecular formula is C51H72GdN5O14-. The number of carboxylic acids is 2. The van der Waals surface area contributed by atoms with Crippen LogP contribution in [0.4, 0.5) is 0 Å². The largest absolute Gasteiger partial charge is 0.657 e. The zero-order valence-electron chi connectivity index (χ0n) is 42.1. The Balaban J connectivity index is 0.00000178. The predicted molar refractivity (Wildman–Crippen MR) is 266 cm³/mol. The number of fused-ring (bicyclic) bond motifs is 7. The van der Waals surface area contributed by atoms with Crippen LogP contribution >= 0.6 is 0 Å². The molecule has 71 heavy (non-hydrogen) atoms. The van der Waals surface area contributed by atoms with Gasteiger partial charge in [0.1, 0.15) is 13.2 Å². The maximum atomic E-state index is 9.84. The maximum Gasteiger partial charge on any atom is 0.300 e. The minimum atomic E-state index is -0.833. The fourth-order valence-corrected chi connectivity index (χ4v) is 7.25. The number of ether oxygens (including phenoxy) is 7. The van der Waals surface area contributed by atoms with E-state index in [-0.39, 0.29) is 86.2 Å². The second kappa shape index (κ2) is 35.7. The molecule has 2 aliphatic rings. The Morgan fingerprint density at radius 3 is 1.27 bits per heavy atom. The van der Waals surface area contributed by atoms with Crippen LogP contribution in [0.2, 0.25) is 0 Å². The van der Waals surface area contributed by atoms with Gasteiger partial charge in [0, 0.05) is 86.2 Å². The Morgan fingerprint density at radius 1 is 0.549 bits per heavy atom. The van der Waals surface area contributed by atoms with Gasteiger partial charge in [0.05, 0.1) is 112 Å². The van der Waals surface area contributed by atoms with Crippen LogP contribution in [0.25, 0.3) is 44.4 Å². The Hall–Kier alpha value is -4.32. The topological polar surface area (TPSA) is 266 Å². The predicted octanol–water partition coefficient (Wildman–Crippen LogP) is 6.14. The molecule has 0 saturated heterocycles. The van der Waals surface area contributed by atoms with Crippen molar-refractivity contribution in [3.05, 3.63) is 70.6 Å². The number of aromatic nitrogens is 5. The molecule has 5 rings (SSSR count). The second-order valence-corrected chi connectivity index (χ2v) is 15.7. The zero-order chi connectivity index (χ0) is 51.3. The Labute approximate surface area is 448 Å². The van der Waals surface area contributed by atoms with Gasteiger partial charge in [-0.3, -0.25) is 19.6 Å². The molecule has 0 saturated carbocycles. The number of carbonyl (C=O) groups is 2. The van der Waals surface area contributed by atoms with Gasteiger partial charge in [-0.1, -0.05) is 37.1 Å². The molecule has 20 heteroatoms. The van der Waals surface area contributed by atoms with E-state index in [2.05, 4.69) is 26.0 Å². The van der Waals surface area contributed by atoms with Gasteiger partial charge in [0.25, 0.3) is 11.9 Å². The molecule has 19 nitrogen and oxygen atoms in total. The van der Waals surface area contributed by atoms with Crippen molar-refractivity contribution in [1.82, 2.24) is 24.9 Å². The molecule has 0 aliphatic carbocycles. The summed E-state index contributed by atoms with van der Waals surface area (Å²) in [5, 5.41) is 43.5. The number of aliphatic hydroxyl groups excluding tert-OH is 3. The molecule has 0 fully saturated rings. The van der Waals surface area contributed by atoms with Crippen molar-refractivity contribution in [2.24, 2.45) is 0 Å². The van der Waals surface area contributed by atoms with Crippen molar-refractivity contribution in [3.63, 3.8) is 0 Å². The number of rotatable bonds is 27. The molecule has 0 amide bonds. The van der Waals surface area contributed by atoms with Crippen LogP contribution in [-0.2, 0) is 46.1 Å². The first kappa shape index (κ1) is 62.8. The molecular weight excluding hydrogens is 1060 g/mol. The van der Waals surface area contributed by atoms with Crippen molar-refractivity contribution >= 4 is 56.3 Å². The number of hydrogen-bond acceptors (Lipinski definition) is 16. The first-order valence-corrected chi connectivity index (χ1v) is 23.6. The van der Waals surface area contributed by atoms with Gasteiger partial charge in [0.2, 0.25) is 0 Å². The van der Waals surface area contributed by atoms with Crippen molar-refractivity contribution in [2.75, 3.05) is 99.6 Å². The molecule has 2 aliphatic heterocycles. The Morgan fingerprint density at radius 2 is 0.915 bits per heavy atom. The third kappa shape index (κ3) is 21.7. The molecule has 1 aromatic carbocycles.